The minimum atomic E-state index is -2.97. The van der Waals surface area contributed by atoms with E-state index in [-0.39, 0.29) is 31.0 Å². The molecule has 4 rings (SSSR count). The fraction of sp³-hybridized carbons (Fsp3) is 0.615. The van der Waals surface area contributed by atoms with Crippen LogP contribution in [0.25, 0.3) is 11.0 Å². The van der Waals surface area contributed by atoms with Crippen LogP contribution in [0.4, 0.5) is 11.8 Å². The molecule has 5 N–H and O–H groups in total. The van der Waals surface area contributed by atoms with E-state index < -0.39 is 9.84 Å². The van der Waals surface area contributed by atoms with Crippen molar-refractivity contribution >= 4 is 32.6 Å². The predicted molar refractivity (Wildman–Crippen MR) is 151 cm³/mol. The van der Waals surface area contributed by atoms with E-state index in [0.29, 0.717) is 48.0 Å². The minimum absolute atomic E-state index is 0.0315. The number of hydrogen-bond acceptors (Lipinski definition) is 11. The summed E-state index contributed by atoms with van der Waals surface area (Å²) in [4.78, 5) is 15.7. The van der Waals surface area contributed by atoms with Crippen molar-refractivity contribution in [2.75, 3.05) is 49.3 Å². The first kappa shape index (κ1) is 29.1. The molecule has 1 aliphatic rings. The van der Waals surface area contributed by atoms with Gasteiger partial charge in [0.05, 0.1) is 30.8 Å². The highest BCUT2D eigenvalue weighted by Crippen LogP contribution is 2.30. The van der Waals surface area contributed by atoms with Crippen LogP contribution in [0.3, 0.4) is 0 Å². The van der Waals surface area contributed by atoms with Crippen molar-refractivity contribution in [3.8, 4) is 0 Å². The van der Waals surface area contributed by atoms with Gasteiger partial charge in [0.15, 0.2) is 5.82 Å². The Morgan fingerprint density at radius 2 is 1.95 bits per heavy atom. The van der Waals surface area contributed by atoms with Gasteiger partial charge in [-0.3, -0.25) is 9.67 Å². The third kappa shape index (κ3) is 7.62. The summed E-state index contributed by atoms with van der Waals surface area (Å²) in [5.41, 5.74) is 9.80. The van der Waals surface area contributed by atoms with Gasteiger partial charge in [-0.15, -0.1) is 0 Å². The third-order valence-corrected chi connectivity index (χ3v) is 8.27. The number of aliphatic hydroxyl groups is 2. The summed E-state index contributed by atoms with van der Waals surface area (Å²) < 4.78 is 24.7. The van der Waals surface area contributed by atoms with Gasteiger partial charge >= 0.3 is 0 Å². The van der Waals surface area contributed by atoms with Gasteiger partial charge in [0.2, 0.25) is 5.95 Å². The van der Waals surface area contributed by atoms with E-state index in [9.17, 15) is 18.6 Å². The van der Waals surface area contributed by atoms with E-state index in [2.05, 4.69) is 32.2 Å². The van der Waals surface area contributed by atoms with Crippen molar-refractivity contribution in [2.45, 2.75) is 64.1 Å². The quantitative estimate of drug-likeness (QED) is 0.239. The summed E-state index contributed by atoms with van der Waals surface area (Å²) >= 11 is 0. The van der Waals surface area contributed by atoms with Gasteiger partial charge in [0.1, 0.15) is 20.9 Å². The number of sulfone groups is 1. The fourth-order valence-corrected chi connectivity index (χ4v) is 5.80. The van der Waals surface area contributed by atoms with Crippen molar-refractivity contribution in [1.82, 2.24) is 29.6 Å². The highest BCUT2D eigenvalue weighted by Gasteiger charge is 2.23. The van der Waals surface area contributed by atoms with Crippen LogP contribution in [-0.4, -0.2) is 92.6 Å². The Labute approximate surface area is 229 Å². The first-order valence-corrected chi connectivity index (χ1v) is 15.6. The predicted octanol–water partition coefficient (Wildman–Crippen LogP) is 1.53. The molecular formula is C26H40N8O4S. The second kappa shape index (κ2) is 13.0. The molecule has 1 fully saturated rings. The maximum Gasteiger partial charge on any atom is 0.222 e. The zero-order valence-corrected chi connectivity index (χ0v) is 23.6. The van der Waals surface area contributed by atoms with Crippen molar-refractivity contribution in [1.29, 1.82) is 0 Å². The molecule has 214 valence electrons. The van der Waals surface area contributed by atoms with Crippen LogP contribution in [0.1, 0.15) is 61.8 Å². The molecule has 12 nitrogen and oxygen atoms in total. The van der Waals surface area contributed by atoms with Gasteiger partial charge < -0.3 is 26.2 Å². The van der Waals surface area contributed by atoms with Gasteiger partial charge in [-0.2, -0.15) is 10.1 Å². The SMILES string of the molecule is CCC[C@@H](CCO)Nc1nc(N)nc2cnn(Cc3ncc(C4CCN(CCS(C)(=O)=O)CC4)cc3CO)c12. The van der Waals surface area contributed by atoms with Crippen LogP contribution in [0, 0.1) is 0 Å². The number of anilines is 2. The van der Waals surface area contributed by atoms with Crippen LogP contribution in [-0.2, 0) is 23.0 Å². The number of hydrogen-bond donors (Lipinski definition) is 4. The zero-order valence-electron chi connectivity index (χ0n) is 22.8. The number of nitrogen functional groups attached to an aromatic ring is 1. The number of nitrogens with two attached hydrogens (primary N) is 1. The Bertz CT molecular complexity index is 1350. The molecule has 39 heavy (non-hydrogen) atoms. The summed E-state index contributed by atoms with van der Waals surface area (Å²) in [6.45, 7) is 4.57. The Hall–Kier alpha value is -2.87. The summed E-state index contributed by atoms with van der Waals surface area (Å²) in [7, 11) is -2.97. The van der Waals surface area contributed by atoms with E-state index >= 15 is 0 Å². The van der Waals surface area contributed by atoms with E-state index in [1.807, 2.05) is 12.3 Å². The number of rotatable bonds is 13. The second-order valence-electron chi connectivity index (χ2n) is 10.4. The van der Waals surface area contributed by atoms with Crippen LogP contribution in [0.15, 0.2) is 18.5 Å². The molecule has 1 atom stereocenters. The Balaban J connectivity index is 1.52. The first-order valence-electron chi connectivity index (χ1n) is 13.6. The van der Waals surface area contributed by atoms with Crippen molar-refractivity contribution in [2.24, 2.45) is 0 Å². The van der Waals surface area contributed by atoms with Gasteiger partial charge in [-0.05, 0) is 56.3 Å². The maximum atomic E-state index is 11.5. The number of fused-ring (bicyclic) bond motifs is 1. The summed E-state index contributed by atoms with van der Waals surface area (Å²) in [5.74, 6) is 1.20. The van der Waals surface area contributed by atoms with E-state index in [0.717, 1.165) is 49.9 Å². The molecule has 0 aromatic carbocycles. The molecule has 0 saturated carbocycles. The topological polar surface area (TPSA) is 172 Å². The summed E-state index contributed by atoms with van der Waals surface area (Å²) in [6, 6.07) is 2.06. The maximum absolute atomic E-state index is 11.5. The van der Waals surface area contributed by atoms with Gasteiger partial charge in [0.25, 0.3) is 0 Å². The molecule has 0 unspecified atom stereocenters. The third-order valence-electron chi connectivity index (χ3n) is 7.35. The lowest BCUT2D eigenvalue weighted by Gasteiger charge is -2.32. The van der Waals surface area contributed by atoms with Crippen LogP contribution >= 0.6 is 0 Å². The smallest absolute Gasteiger partial charge is 0.222 e. The number of piperidine rings is 1. The molecule has 0 spiro atoms. The lowest BCUT2D eigenvalue weighted by atomic mass is 9.89. The lowest BCUT2D eigenvalue weighted by molar-refractivity contribution is 0.223. The average molecular weight is 561 g/mol. The Morgan fingerprint density at radius 3 is 2.62 bits per heavy atom. The van der Waals surface area contributed by atoms with Gasteiger partial charge in [-0.25, -0.2) is 13.4 Å². The van der Waals surface area contributed by atoms with Gasteiger partial charge in [-0.1, -0.05) is 13.3 Å². The largest absolute Gasteiger partial charge is 0.396 e. The Kier molecular flexibility index (Phi) is 9.70. The number of pyridine rings is 1. The molecule has 1 aliphatic heterocycles. The van der Waals surface area contributed by atoms with Crippen molar-refractivity contribution < 1.29 is 18.6 Å². The van der Waals surface area contributed by atoms with Gasteiger partial charge in [0, 0.05) is 37.2 Å². The second-order valence-corrected chi connectivity index (χ2v) is 12.6. The molecule has 0 amide bonds. The number of likely N-dealkylation sites (tertiary alicyclic amines) is 1. The molecule has 3 aromatic rings. The summed E-state index contributed by atoms with van der Waals surface area (Å²) in [5, 5.41) is 27.6. The van der Waals surface area contributed by atoms with Crippen LogP contribution in [0.5, 0.6) is 0 Å². The number of aromatic nitrogens is 5. The highest BCUT2D eigenvalue weighted by atomic mass is 32.2. The minimum Gasteiger partial charge on any atom is -0.396 e. The number of nitrogens with zero attached hydrogens (tertiary/aromatic N) is 6. The van der Waals surface area contributed by atoms with E-state index in [1.165, 1.54) is 6.26 Å². The monoisotopic (exact) mass is 560 g/mol. The number of aliphatic hydroxyl groups excluding tert-OH is 2. The molecule has 3 aromatic heterocycles. The molecule has 13 heteroatoms. The van der Waals surface area contributed by atoms with E-state index in [4.69, 9.17) is 10.7 Å². The zero-order chi connectivity index (χ0) is 28.0. The molecule has 4 heterocycles. The molecule has 1 saturated heterocycles. The molecule has 0 bridgehead atoms. The Morgan fingerprint density at radius 1 is 1.18 bits per heavy atom. The van der Waals surface area contributed by atoms with Crippen molar-refractivity contribution in [3.63, 3.8) is 0 Å². The normalized spacial score (nSPS) is 16.1. The highest BCUT2D eigenvalue weighted by molar-refractivity contribution is 7.90. The molecular weight excluding hydrogens is 520 g/mol. The van der Waals surface area contributed by atoms with E-state index in [1.54, 1.807) is 10.9 Å². The summed E-state index contributed by atoms with van der Waals surface area (Å²) in [6.07, 6.45) is 9.04. The van der Waals surface area contributed by atoms with Crippen LogP contribution in [0.2, 0.25) is 0 Å². The lowest BCUT2D eigenvalue weighted by Crippen LogP contribution is -2.36. The molecule has 0 radical (unpaired) electrons. The average Bonchev–Trinajstić information content (AvgIpc) is 3.30. The standard InChI is InChI=1S/C26H40N8O4S/c1-3-4-21(7-11-35)30-25-24-22(31-26(27)32-25)15-29-34(24)16-23-20(17-36)13-19(14-28-23)18-5-8-33(9-6-18)10-12-39(2,37)38/h13-15,18,21,35-36H,3-12,16-17H2,1-2H3,(H3,27,30,31,32)/t21-/m0/s1. The molecule has 0 aliphatic carbocycles. The first-order chi connectivity index (χ1) is 18.7. The van der Waals surface area contributed by atoms with Crippen LogP contribution < -0.4 is 11.1 Å². The van der Waals surface area contributed by atoms with Crippen molar-refractivity contribution in [3.05, 3.63) is 35.3 Å². The number of nitrogens with one attached hydrogen (secondary N) is 1. The fourth-order valence-electron chi connectivity index (χ4n) is 5.21.